The number of halogens is 4. The Morgan fingerprint density at radius 3 is 2.21 bits per heavy atom. The zero-order chi connectivity index (χ0) is 20.7. The molecule has 2 fully saturated rings. The molecule has 2 aliphatic rings. The Morgan fingerprint density at radius 2 is 1.69 bits per heavy atom. The molecule has 1 atom stereocenters. The average Bonchev–Trinajstić information content (AvgIpc) is 3.17. The molecule has 0 aromatic carbocycles. The van der Waals surface area contributed by atoms with Crippen molar-refractivity contribution >= 4 is 35.8 Å². The molecule has 2 saturated heterocycles. The van der Waals surface area contributed by atoms with Crippen molar-refractivity contribution in [1.82, 2.24) is 24.9 Å². The molecule has 2 heterocycles. The number of carbonyl (C=O) groups excluding carboxylic acids is 1. The first-order valence-corrected chi connectivity index (χ1v) is 9.95. The van der Waals surface area contributed by atoms with Gasteiger partial charge >= 0.3 is 6.18 Å². The molecule has 0 radical (unpaired) electrons. The number of piperazine rings is 1. The first-order valence-electron chi connectivity index (χ1n) is 9.95. The molecule has 0 saturated carbocycles. The van der Waals surface area contributed by atoms with E-state index in [0.717, 1.165) is 52.1 Å². The van der Waals surface area contributed by atoms with Crippen LogP contribution in [0.4, 0.5) is 13.2 Å². The number of hydrogen-bond donors (Lipinski definition) is 1. The summed E-state index contributed by atoms with van der Waals surface area (Å²) in [5, 5.41) is 3.14. The highest BCUT2D eigenvalue weighted by molar-refractivity contribution is 14.0. The summed E-state index contributed by atoms with van der Waals surface area (Å²) >= 11 is 0. The molecular formula is C18H34F3IN6O. The number of alkyl halides is 3. The van der Waals surface area contributed by atoms with Crippen molar-refractivity contribution in [1.29, 1.82) is 0 Å². The van der Waals surface area contributed by atoms with Crippen molar-refractivity contribution in [3.05, 3.63) is 0 Å². The lowest BCUT2D eigenvalue weighted by molar-refractivity contribution is -0.142. The van der Waals surface area contributed by atoms with E-state index >= 15 is 0 Å². The second-order valence-electron chi connectivity index (χ2n) is 7.56. The fraction of sp³-hybridized carbons (Fsp3) is 0.889. The van der Waals surface area contributed by atoms with E-state index in [-0.39, 0.29) is 42.5 Å². The largest absolute Gasteiger partial charge is 0.401 e. The SMILES string of the molecule is CN=C(NCCN(C)CC(F)(F)F)N1CCN(C(C)C(=O)N2CCCC2)CC1.I. The smallest absolute Gasteiger partial charge is 0.355 e. The third-order valence-electron chi connectivity index (χ3n) is 5.37. The molecule has 1 unspecified atom stereocenters. The zero-order valence-electron chi connectivity index (χ0n) is 17.5. The maximum atomic E-state index is 12.6. The van der Waals surface area contributed by atoms with Crippen LogP contribution < -0.4 is 5.32 Å². The summed E-state index contributed by atoms with van der Waals surface area (Å²) < 4.78 is 37.1. The number of hydrogen-bond acceptors (Lipinski definition) is 4. The molecule has 7 nitrogen and oxygen atoms in total. The van der Waals surface area contributed by atoms with Crippen LogP contribution in [0.1, 0.15) is 19.8 Å². The summed E-state index contributed by atoms with van der Waals surface area (Å²) in [5.41, 5.74) is 0. The number of likely N-dealkylation sites (N-methyl/N-ethyl adjacent to an activating group) is 1. The number of amides is 1. The highest BCUT2D eigenvalue weighted by Gasteiger charge is 2.31. The second-order valence-corrected chi connectivity index (χ2v) is 7.56. The molecule has 0 bridgehead atoms. The zero-order valence-corrected chi connectivity index (χ0v) is 19.9. The summed E-state index contributed by atoms with van der Waals surface area (Å²) in [6.45, 7) is 6.43. The Balaban J connectivity index is 0.00000420. The summed E-state index contributed by atoms with van der Waals surface area (Å²) in [4.78, 5) is 24.3. The van der Waals surface area contributed by atoms with Gasteiger partial charge in [-0.25, -0.2) is 0 Å². The molecular weight excluding hydrogens is 500 g/mol. The van der Waals surface area contributed by atoms with E-state index in [1.165, 1.54) is 11.9 Å². The van der Waals surface area contributed by atoms with E-state index in [9.17, 15) is 18.0 Å². The van der Waals surface area contributed by atoms with Crippen molar-refractivity contribution in [2.75, 3.05) is 73.0 Å². The van der Waals surface area contributed by atoms with Gasteiger partial charge in [-0.1, -0.05) is 0 Å². The minimum absolute atomic E-state index is 0. The van der Waals surface area contributed by atoms with E-state index in [0.29, 0.717) is 12.5 Å². The van der Waals surface area contributed by atoms with Gasteiger partial charge in [0, 0.05) is 59.4 Å². The average molecular weight is 534 g/mol. The monoisotopic (exact) mass is 534 g/mol. The van der Waals surface area contributed by atoms with Crippen molar-refractivity contribution in [3.63, 3.8) is 0 Å². The van der Waals surface area contributed by atoms with Crippen LogP contribution in [0.15, 0.2) is 4.99 Å². The van der Waals surface area contributed by atoms with Gasteiger partial charge in [-0.3, -0.25) is 19.6 Å². The van der Waals surface area contributed by atoms with Gasteiger partial charge in [0.25, 0.3) is 0 Å². The fourth-order valence-corrected chi connectivity index (χ4v) is 3.75. The van der Waals surface area contributed by atoms with E-state index in [4.69, 9.17) is 0 Å². The van der Waals surface area contributed by atoms with Crippen LogP contribution in [0.3, 0.4) is 0 Å². The first kappa shape index (κ1) is 26.2. The van der Waals surface area contributed by atoms with Crippen LogP contribution in [-0.4, -0.2) is 117 Å². The number of nitrogens with one attached hydrogen (secondary N) is 1. The van der Waals surface area contributed by atoms with Gasteiger partial charge < -0.3 is 15.1 Å². The second kappa shape index (κ2) is 12.1. The molecule has 29 heavy (non-hydrogen) atoms. The van der Waals surface area contributed by atoms with Crippen LogP contribution in [0.2, 0.25) is 0 Å². The maximum absolute atomic E-state index is 12.6. The lowest BCUT2D eigenvalue weighted by Gasteiger charge is -2.39. The predicted molar refractivity (Wildman–Crippen MR) is 119 cm³/mol. The fourth-order valence-electron chi connectivity index (χ4n) is 3.75. The summed E-state index contributed by atoms with van der Waals surface area (Å²) in [6, 6.07) is -0.119. The summed E-state index contributed by atoms with van der Waals surface area (Å²) in [6.07, 6.45) is -2.01. The highest BCUT2D eigenvalue weighted by Crippen LogP contribution is 2.15. The number of likely N-dealkylation sites (tertiary alicyclic amines) is 1. The molecule has 0 aliphatic carbocycles. The van der Waals surface area contributed by atoms with Crippen molar-refractivity contribution in [2.24, 2.45) is 4.99 Å². The molecule has 1 amide bonds. The van der Waals surface area contributed by atoms with Crippen molar-refractivity contribution < 1.29 is 18.0 Å². The van der Waals surface area contributed by atoms with Crippen LogP contribution >= 0.6 is 24.0 Å². The maximum Gasteiger partial charge on any atom is 0.401 e. The minimum atomic E-state index is -4.18. The molecule has 170 valence electrons. The Morgan fingerprint density at radius 1 is 1.10 bits per heavy atom. The Bertz CT molecular complexity index is 534. The normalized spacial score (nSPS) is 20.0. The van der Waals surface area contributed by atoms with Gasteiger partial charge in [0.2, 0.25) is 5.91 Å². The van der Waals surface area contributed by atoms with Crippen molar-refractivity contribution in [2.45, 2.75) is 32.0 Å². The van der Waals surface area contributed by atoms with E-state index in [2.05, 4.69) is 20.1 Å². The number of carbonyl (C=O) groups is 1. The lowest BCUT2D eigenvalue weighted by atomic mass is 10.2. The molecule has 2 rings (SSSR count). The van der Waals surface area contributed by atoms with Crippen LogP contribution in [0.5, 0.6) is 0 Å². The number of rotatable bonds is 6. The van der Waals surface area contributed by atoms with Gasteiger partial charge in [0.1, 0.15) is 0 Å². The highest BCUT2D eigenvalue weighted by atomic mass is 127. The van der Waals surface area contributed by atoms with E-state index in [1.54, 1.807) is 7.05 Å². The van der Waals surface area contributed by atoms with E-state index < -0.39 is 12.7 Å². The predicted octanol–water partition coefficient (Wildman–Crippen LogP) is 1.30. The van der Waals surface area contributed by atoms with Crippen LogP contribution in [-0.2, 0) is 4.79 Å². The number of guanidine groups is 1. The van der Waals surface area contributed by atoms with Gasteiger partial charge in [-0.2, -0.15) is 13.2 Å². The third kappa shape index (κ3) is 8.44. The molecule has 11 heteroatoms. The molecule has 1 N–H and O–H groups in total. The summed E-state index contributed by atoms with van der Waals surface area (Å²) in [5.74, 6) is 0.903. The van der Waals surface area contributed by atoms with Crippen molar-refractivity contribution in [3.8, 4) is 0 Å². The van der Waals surface area contributed by atoms with Gasteiger partial charge in [-0.05, 0) is 26.8 Å². The first-order chi connectivity index (χ1) is 13.2. The van der Waals surface area contributed by atoms with Crippen LogP contribution in [0.25, 0.3) is 0 Å². The van der Waals surface area contributed by atoms with Gasteiger partial charge in [0.05, 0.1) is 12.6 Å². The summed E-state index contributed by atoms with van der Waals surface area (Å²) in [7, 11) is 3.13. The molecule has 0 aromatic heterocycles. The number of nitrogens with zero attached hydrogens (tertiary/aromatic N) is 5. The topological polar surface area (TPSA) is 54.4 Å². The number of aliphatic imine (C=N–C) groups is 1. The molecule has 0 aromatic rings. The van der Waals surface area contributed by atoms with Gasteiger partial charge in [-0.15, -0.1) is 24.0 Å². The van der Waals surface area contributed by atoms with Crippen LogP contribution in [0, 0.1) is 0 Å². The third-order valence-corrected chi connectivity index (χ3v) is 5.37. The minimum Gasteiger partial charge on any atom is -0.355 e. The quantitative estimate of drug-likeness (QED) is 0.317. The molecule has 2 aliphatic heterocycles. The standard InChI is InChI=1S/C18H33F3N6O.HI/c1-15(16(28)26-7-4-5-8-26)25-10-12-27(13-11-25)17(22-2)23-6-9-24(3)14-18(19,20)21;/h15H,4-14H2,1-3H3,(H,22,23);1H. The Kier molecular flexibility index (Phi) is 11.0. The molecule has 0 spiro atoms. The van der Waals surface area contributed by atoms with Gasteiger partial charge in [0.15, 0.2) is 5.96 Å². The Hall–Kier alpha value is -0.820. The Labute approximate surface area is 188 Å². The lowest BCUT2D eigenvalue weighted by Crippen LogP contribution is -2.57. The van der Waals surface area contributed by atoms with E-state index in [1.807, 2.05) is 11.8 Å².